The van der Waals surface area contributed by atoms with Gasteiger partial charge in [-0.05, 0) is 32.1 Å². The van der Waals surface area contributed by atoms with Gasteiger partial charge in [0.2, 0.25) is 0 Å². The molecule has 0 heterocycles. The second-order valence-corrected chi connectivity index (χ2v) is 5.08. The van der Waals surface area contributed by atoms with Crippen LogP contribution in [0.2, 0.25) is 0 Å². The molecular formula is C11H17ClFNS. The molecule has 1 aliphatic rings. The number of allylic oxidation sites excluding steroid dienone is 3. The zero-order valence-electron chi connectivity index (χ0n) is 8.84. The largest absolute Gasteiger partial charge is 0.328 e. The van der Waals surface area contributed by atoms with Crippen LogP contribution < -0.4 is 5.73 Å². The molecule has 0 aliphatic heterocycles. The maximum Gasteiger partial charge on any atom is 0.150 e. The molecule has 0 aromatic heterocycles. The molecule has 1 rings (SSSR count). The highest BCUT2D eigenvalue weighted by Gasteiger charge is 2.19. The SMILES string of the molecule is C[C@H](N)CCCC1C=C(S)C(F)=C(Cl)C1. The average Bonchev–Trinajstić information content (AvgIpc) is 2.13. The van der Waals surface area contributed by atoms with Gasteiger partial charge >= 0.3 is 0 Å². The molecule has 2 N–H and O–H groups in total. The second kappa shape index (κ2) is 5.92. The highest BCUT2D eigenvalue weighted by Crippen LogP contribution is 2.35. The van der Waals surface area contributed by atoms with Crippen molar-refractivity contribution in [3.8, 4) is 0 Å². The van der Waals surface area contributed by atoms with E-state index in [1.165, 1.54) is 0 Å². The number of thiol groups is 1. The number of hydrogen-bond donors (Lipinski definition) is 2. The summed E-state index contributed by atoms with van der Waals surface area (Å²) in [4.78, 5) is 0.372. The van der Waals surface area contributed by atoms with Crippen LogP contribution in [0, 0.1) is 5.92 Å². The maximum absolute atomic E-state index is 13.2. The van der Waals surface area contributed by atoms with E-state index in [-0.39, 0.29) is 11.9 Å². The average molecular weight is 250 g/mol. The van der Waals surface area contributed by atoms with Crippen LogP contribution in [0.4, 0.5) is 4.39 Å². The fourth-order valence-corrected chi connectivity index (χ4v) is 2.41. The molecule has 15 heavy (non-hydrogen) atoms. The highest BCUT2D eigenvalue weighted by molar-refractivity contribution is 7.84. The minimum atomic E-state index is -0.372. The minimum Gasteiger partial charge on any atom is -0.328 e. The zero-order valence-corrected chi connectivity index (χ0v) is 10.5. The van der Waals surface area contributed by atoms with Crippen molar-refractivity contribution in [1.82, 2.24) is 0 Å². The van der Waals surface area contributed by atoms with Gasteiger partial charge in [0.05, 0.1) is 5.03 Å². The topological polar surface area (TPSA) is 26.0 Å². The van der Waals surface area contributed by atoms with E-state index in [0.29, 0.717) is 22.3 Å². The Kier molecular flexibility index (Phi) is 5.16. The molecule has 86 valence electrons. The monoisotopic (exact) mass is 249 g/mol. The molecular weight excluding hydrogens is 233 g/mol. The number of hydrogen-bond acceptors (Lipinski definition) is 2. The van der Waals surface area contributed by atoms with Gasteiger partial charge < -0.3 is 5.73 Å². The Morgan fingerprint density at radius 3 is 2.93 bits per heavy atom. The molecule has 0 aromatic carbocycles. The molecule has 0 spiro atoms. The Hall–Kier alpha value is 0.01000. The van der Waals surface area contributed by atoms with Gasteiger partial charge in [0.1, 0.15) is 0 Å². The van der Waals surface area contributed by atoms with E-state index < -0.39 is 0 Å². The van der Waals surface area contributed by atoms with Crippen LogP contribution in [0.5, 0.6) is 0 Å². The van der Waals surface area contributed by atoms with Gasteiger partial charge in [-0.25, -0.2) is 4.39 Å². The van der Waals surface area contributed by atoms with E-state index >= 15 is 0 Å². The van der Waals surface area contributed by atoms with E-state index in [4.69, 9.17) is 17.3 Å². The summed E-state index contributed by atoms with van der Waals surface area (Å²) in [6, 6.07) is 0.232. The summed E-state index contributed by atoms with van der Waals surface area (Å²) in [5.74, 6) is -0.0632. The predicted octanol–water partition coefficient (Wildman–Crippen LogP) is 3.76. The van der Waals surface area contributed by atoms with Crippen molar-refractivity contribution in [2.75, 3.05) is 0 Å². The standard InChI is InChI=1S/C11H17ClFNS/c1-7(14)3-2-4-8-5-9(12)11(13)10(15)6-8/h6-8,15H,2-5,14H2,1H3/t7-,8?/m0/s1. The quantitative estimate of drug-likeness (QED) is 0.729. The summed E-state index contributed by atoms with van der Waals surface area (Å²) in [6.45, 7) is 1.99. The van der Waals surface area contributed by atoms with Gasteiger partial charge in [-0.2, -0.15) is 0 Å². The van der Waals surface area contributed by atoms with Gasteiger partial charge in [-0.3, -0.25) is 0 Å². The molecule has 0 bridgehead atoms. The van der Waals surface area contributed by atoms with Crippen LogP contribution in [-0.2, 0) is 0 Å². The Morgan fingerprint density at radius 1 is 1.73 bits per heavy atom. The third-order valence-electron chi connectivity index (χ3n) is 2.53. The zero-order chi connectivity index (χ0) is 11.4. The van der Waals surface area contributed by atoms with Gasteiger partial charge in [-0.15, -0.1) is 12.6 Å². The molecule has 1 unspecified atom stereocenters. The van der Waals surface area contributed by atoms with Crippen molar-refractivity contribution in [3.63, 3.8) is 0 Å². The Bertz CT molecular complexity index is 286. The lowest BCUT2D eigenvalue weighted by Crippen LogP contribution is -2.15. The fourth-order valence-electron chi connectivity index (χ4n) is 1.70. The van der Waals surface area contributed by atoms with Crippen LogP contribution in [-0.4, -0.2) is 6.04 Å². The van der Waals surface area contributed by atoms with Gasteiger partial charge in [0.15, 0.2) is 5.83 Å². The second-order valence-electron chi connectivity index (χ2n) is 4.14. The normalized spacial score (nSPS) is 24.1. The molecule has 1 aliphatic carbocycles. The van der Waals surface area contributed by atoms with Crippen molar-refractivity contribution in [2.45, 2.75) is 38.6 Å². The minimum absolute atomic E-state index is 0.232. The molecule has 4 heteroatoms. The summed E-state index contributed by atoms with van der Waals surface area (Å²) in [7, 11) is 0. The summed E-state index contributed by atoms with van der Waals surface area (Å²) < 4.78 is 13.2. The van der Waals surface area contributed by atoms with Crippen molar-refractivity contribution in [3.05, 3.63) is 21.8 Å². The van der Waals surface area contributed by atoms with Crippen LogP contribution in [0.3, 0.4) is 0 Å². The summed E-state index contributed by atoms with van der Waals surface area (Å²) in [5.41, 5.74) is 5.66. The van der Waals surface area contributed by atoms with E-state index in [0.717, 1.165) is 19.3 Å². The number of halogens is 2. The molecule has 0 radical (unpaired) electrons. The molecule has 1 nitrogen and oxygen atoms in total. The van der Waals surface area contributed by atoms with Crippen LogP contribution >= 0.6 is 24.2 Å². The third-order valence-corrected chi connectivity index (χ3v) is 3.20. The lowest BCUT2D eigenvalue weighted by Gasteiger charge is -2.18. The first-order valence-electron chi connectivity index (χ1n) is 5.21. The first-order valence-corrected chi connectivity index (χ1v) is 6.04. The fraction of sp³-hybridized carbons (Fsp3) is 0.636. The Labute approximate surface area is 101 Å². The number of nitrogens with two attached hydrogens (primary N) is 1. The lowest BCUT2D eigenvalue weighted by atomic mass is 9.93. The van der Waals surface area contributed by atoms with Gasteiger partial charge in [-0.1, -0.05) is 24.1 Å². The smallest absolute Gasteiger partial charge is 0.150 e. The summed E-state index contributed by atoms with van der Waals surface area (Å²) in [5, 5.41) is 0.299. The first kappa shape index (κ1) is 13.1. The molecule has 0 saturated carbocycles. The van der Waals surface area contributed by atoms with Crippen LogP contribution in [0.25, 0.3) is 0 Å². The molecule has 0 fully saturated rings. The van der Waals surface area contributed by atoms with Crippen molar-refractivity contribution in [2.24, 2.45) is 11.7 Å². The van der Waals surface area contributed by atoms with Gasteiger partial charge in [0, 0.05) is 10.9 Å². The Morgan fingerprint density at radius 2 is 2.40 bits per heavy atom. The lowest BCUT2D eigenvalue weighted by molar-refractivity contribution is 0.503. The van der Waals surface area contributed by atoms with Crippen molar-refractivity contribution in [1.29, 1.82) is 0 Å². The predicted molar refractivity (Wildman–Crippen MR) is 66.7 cm³/mol. The number of rotatable bonds is 4. The third kappa shape index (κ3) is 4.17. The highest BCUT2D eigenvalue weighted by atomic mass is 35.5. The van der Waals surface area contributed by atoms with Crippen molar-refractivity contribution < 1.29 is 4.39 Å². The van der Waals surface area contributed by atoms with E-state index in [1.807, 2.05) is 13.0 Å². The van der Waals surface area contributed by atoms with Crippen LogP contribution in [0.1, 0.15) is 32.6 Å². The van der Waals surface area contributed by atoms with E-state index in [2.05, 4.69) is 12.6 Å². The first-order chi connectivity index (χ1) is 7.00. The summed E-state index contributed by atoms with van der Waals surface area (Å²) in [6.07, 6.45) is 5.48. The van der Waals surface area contributed by atoms with E-state index in [1.54, 1.807) is 0 Å². The molecule has 0 saturated heterocycles. The summed E-state index contributed by atoms with van der Waals surface area (Å²) >= 11 is 9.85. The molecule has 0 amide bonds. The Balaban J connectivity index is 2.41. The maximum atomic E-state index is 13.2. The van der Waals surface area contributed by atoms with E-state index in [9.17, 15) is 4.39 Å². The van der Waals surface area contributed by atoms with Gasteiger partial charge in [0.25, 0.3) is 0 Å². The van der Waals surface area contributed by atoms with Crippen molar-refractivity contribution >= 4 is 24.2 Å². The molecule has 0 aromatic rings. The molecule has 2 atom stereocenters. The van der Waals surface area contributed by atoms with Crippen LogP contribution in [0.15, 0.2) is 21.8 Å².